The molecule has 0 atom stereocenters. The highest BCUT2D eigenvalue weighted by atomic mass is 32.2. The van der Waals surface area contributed by atoms with Gasteiger partial charge >= 0.3 is 0 Å². The van der Waals surface area contributed by atoms with Gasteiger partial charge in [-0.25, -0.2) is 0 Å². The average Bonchev–Trinajstić information content (AvgIpc) is 2.88. The fourth-order valence-corrected chi connectivity index (χ4v) is 4.25. The van der Waals surface area contributed by atoms with Crippen molar-refractivity contribution < 1.29 is 18.0 Å². The lowest BCUT2D eigenvalue weighted by molar-refractivity contribution is -0.128. The van der Waals surface area contributed by atoms with E-state index in [0.29, 0.717) is 30.9 Å². The van der Waals surface area contributed by atoms with Crippen LogP contribution in [-0.2, 0) is 19.6 Å². The third-order valence-corrected chi connectivity index (χ3v) is 6.32. The lowest BCUT2D eigenvalue weighted by Gasteiger charge is -2.18. The molecule has 1 aliphatic heterocycles. The standard InChI is InChI=1S/C22H34N4O4S/c1-22(2,3)21(28)23-14-9-13-20(27)24-17-10-8-11-18(16-17)31(29,30)25-19-12-6-5-7-15-26(19)4/h8,10-11,16H,5-7,9,12-15H2,1-4H3,(H,23,28)(H,24,27)/b25-19+. The first-order valence-electron chi connectivity index (χ1n) is 10.7. The SMILES string of the molecule is CN1CCCCC/C1=N\S(=O)(=O)c1cccc(NC(=O)CCCNC(=O)C(C)(C)C)c1. The molecule has 2 rings (SSSR count). The van der Waals surface area contributed by atoms with Gasteiger partial charge < -0.3 is 15.5 Å². The third kappa shape index (κ3) is 7.97. The summed E-state index contributed by atoms with van der Waals surface area (Å²) < 4.78 is 29.6. The number of likely N-dealkylation sites (tertiary alicyclic amines) is 1. The van der Waals surface area contributed by atoms with Gasteiger partial charge in [0.25, 0.3) is 10.0 Å². The van der Waals surface area contributed by atoms with Gasteiger partial charge in [0.1, 0.15) is 5.84 Å². The number of hydrogen-bond acceptors (Lipinski definition) is 4. The Morgan fingerprint density at radius 1 is 1.16 bits per heavy atom. The van der Waals surface area contributed by atoms with Crippen molar-refractivity contribution >= 4 is 33.4 Å². The highest BCUT2D eigenvalue weighted by molar-refractivity contribution is 7.90. The predicted octanol–water partition coefficient (Wildman–Crippen LogP) is 3.16. The smallest absolute Gasteiger partial charge is 0.284 e. The van der Waals surface area contributed by atoms with Crippen LogP contribution in [0.15, 0.2) is 33.6 Å². The van der Waals surface area contributed by atoms with E-state index >= 15 is 0 Å². The molecule has 1 saturated heterocycles. The largest absolute Gasteiger partial charge is 0.362 e. The minimum Gasteiger partial charge on any atom is -0.362 e. The topological polar surface area (TPSA) is 108 Å². The van der Waals surface area contributed by atoms with Crippen LogP contribution in [0, 0.1) is 5.41 Å². The van der Waals surface area contributed by atoms with Crippen molar-refractivity contribution in [1.82, 2.24) is 10.2 Å². The van der Waals surface area contributed by atoms with Gasteiger partial charge in [-0.15, -0.1) is 4.40 Å². The Balaban J connectivity index is 1.96. The van der Waals surface area contributed by atoms with Gasteiger partial charge in [-0.05, 0) is 37.5 Å². The summed E-state index contributed by atoms with van der Waals surface area (Å²) in [7, 11) is -2.00. The summed E-state index contributed by atoms with van der Waals surface area (Å²) in [6, 6.07) is 6.13. The molecule has 2 N–H and O–H groups in total. The summed E-state index contributed by atoms with van der Waals surface area (Å²) in [5.74, 6) is 0.269. The number of amidine groups is 1. The molecule has 172 valence electrons. The Bertz CT molecular complexity index is 920. The molecule has 1 aliphatic rings. The second-order valence-corrected chi connectivity index (χ2v) is 10.5. The number of rotatable bonds is 7. The Morgan fingerprint density at radius 2 is 1.90 bits per heavy atom. The fraction of sp³-hybridized carbons (Fsp3) is 0.591. The van der Waals surface area contributed by atoms with Crippen molar-refractivity contribution in [3.63, 3.8) is 0 Å². The molecule has 31 heavy (non-hydrogen) atoms. The number of anilines is 1. The highest BCUT2D eigenvalue weighted by Crippen LogP contribution is 2.20. The van der Waals surface area contributed by atoms with Gasteiger partial charge in [0.05, 0.1) is 4.90 Å². The van der Waals surface area contributed by atoms with Crippen molar-refractivity contribution in [2.24, 2.45) is 9.81 Å². The maximum absolute atomic E-state index is 12.8. The fourth-order valence-electron chi connectivity index (χ4n) is 3.11. The molecule has 1 aromatic rings. The molecule has 9 heteroatoms. The van der Waals surface area contributed by atoms with Crippen LogP contribution in [0.25, 0.3) is 0 Å². The number of nitrogens with one attached hydrogen (secondary N) is 2. The first-order chi connectivity index (χ1) is 14.5. The van der Waals surface area contributed by atoms with Crippen molar-refractivity contribution in [3.8, 4) is 0 Å². The van der Waals surface area contributed by atoms with Crippen LogP contribution < -0.4 is 10.6 Å². The van der Waals surface area contributed by atoms with E-state index in [1.54, 1.807) is 12.1 Å². The maximum Gasteiger partial charge on any atom is 0.284 e. The predicted molar refractivity (Wildman–Crippen MR) is 122 cm³/mol. The molecule has 0 unspecified atom stereocenters. The molecule has 0 aromatic heterocycles. The molecule has 0 spiro atoms. The van der Waals surface area contributed by atoms with Crippen LogP contribution >= 0.6 is 0 Å². The summed E-state index contributed by atoms with van der Waals surface area (Å²) in [5, 5.41) is 5.52. The lowest BCUT2D eigenvalue weighted by atomic mass is 9.96. The Morgan fingerprint density at radius 3 is 2.61 bits per heavy atom. The Hall–Kier alpha value is -2.42. The second-order valence-electron chi connectivity index (χ2n) is 8.90. The van der Waals surface area contributed by atoms with E-state index in [0.717, 1.165) is 25.8 Å². The van der Waals surface area contributed by atoms with Gasteiger partial charge in [-0.3, -0.25) is 9.59 Å². The van der Waals surface area contributed by atoms with Crippen LogP contribution in [-0.4, -0.2) is 51.1 Å². The number of carbonyl (C=O) groups excluding carboxylic acids is 2. The summed E-state index contributed by atoms with van der Waals surface area (Å²) >= 11 is 0. The van der Waals surface area contributed by atoms with Gasteiger partial charge in [0.2, 0.25) is 11.8 Å². The molecular formula is C22H34N4O4S. The van der Waals surface area contributed by atoms with Crippen LogP contribution in [0.3, 0.4) is 0 Å². The molecule has 1 aromatic carbocycles. The molecular weight excluding hydrogens is 416 g/mol. The Kier molecular flexibility index (Phi) is 8.61. The van der Waals surface area contributed by atoms with E-state index in [1.807, 2.05) is 32.7 Å². The number of benzene rings is 1. The summed E-state index contributed by atoms with van der Waals surface area (Å²) in [4.78, 5) is 26.0. The summed E-state index contributed by atoms with van der Waals surface area (Å²) in [6.07, 6.45) is 4.35. The zero-order valence-corrected chi connectivity index (χ0v) is 19.7. The van der Waals surface area contributed by atoms with Crippen LogP contribution in [0.5, 0.6) is 0 Å². The summed E-state index contributed by atoms with van der Waals surface area (Å²) in [6.45, 7) is 6.68. The van der Waals surface area contributed by atoms with Gasteiger partial charge in [0, 0.05) is 44.1 Å². The molecule has 8 nitrogen and oxygen atoms in total. The van der Waals surface area contributed by atoms with Crippen molar-refractivity contribution in [2.45, 2.75) is 64.2 Å². The van der Waals surface area contributed by atoms with E-state index < -0.39 is 15.4 Å². The van der Waals surface area contributed by atoms with Gasteiger partial charge in [0.15, 0.2) is 0 Å². The quantitative estimate of drug-likeness (QED) is 0.621. The number of amides is 2. The molecule has 0 saturated carbocycles. The lowest BCUT2D eigenvalue weighted by Crippen LogP contribution is -2.35. The van der Waals surface area contributed by atoms with Crippen LogP contribution in [0.4, 0.5) is 5.69 Å². The highest BCUT2D eigenvalue weighted by Gasteiger charge is 2.21. The molecule has 0 aliphatic carbocycles. The minimum absolute atomic E-state index is 0.0490. The Labute approximate surface area is 185 Å². The molecule has 1 heterocycles. The van der Waals surface area contributed by atoms with Crippen molar-refractivity contribution in [3.05, 3.63) is 24.3 Å². The number of sulfonamides is 1. The molecule has 1 fully saturated rings. The van der Waals surface area contributed by atoms with E-state index in [1.165, 1.54) is 12.1 Å². The first kappa shape index (κ1) is 24.8. The molecule has 0 bridgehead atoms. The third-order valence-electron chi connectivity index (χ3n) is 5.02. The normalized spacial score (nSPS) is 16.6. The van der Waals surface area contributed by atoms with E-state index in [2.05, 4.69) is 15.0 Å². The van der Waals surface area contributed by atoms with Gasteiger partial charge in [-0.1, -0.05) is 33.3 Å². The zero-order chi connectivity index (χ0) is 23.1. The first-order valence-corrected chi connectivity index (χ1v) is 12.2. The van der Waals surface area contributed by atoms with Crippen LogP contribution in [0.1, 0.15) is 59.3 Å². The maximum atomic E-state index is 12.8. The summed E-state index contributed by atoms with van der Waals surface area (Å²) in [5.41, 5.74) is -0.0671. The second kappa shape index (κ2) is 10.7. The number of nitrogens with zero attached hydrogens (tertiary/aromatic N) is 2. The molecule has 0 radical (unpaired) electrons. The average molecular weight is 451 g/mol. The minimum atomic E-state index is -3.86. The number of hydrogen-bond donors (Lipinski definition) is 2. The van der Waals surface area contributed by atoms with E-state index in [-0.39, 0.29) is 23.1 Å². The van der Waals surface area contributed by atoms with Crippen molar-refractivity contribution in [1.29, 1.82) is 0 Å². The number of carbonyl (C=O) groups is 2. The van der Waals surface area contributed by atoms with Gasteiger partial charge in [-0.2, -0.15) is 8.42 Å². The molecule has 2 amide bonds. The van der Waals surface area contributed by atoms with Crippen LogP contribution in [0.2, 0.25) is 0 Å². The zero-order valence-electron chi connectivity index (χ0n) is 18.9. The van der Waals surface area contributed by atoms with Crippen molar-refractivity contribution in [2.75, 3.05) is 25.5 Å². The van der Waals surface area contributed by atoms with E-state index in [9.17, 15) is 18.0 Å². The monoisotopic (exact) mass is 450 g/mol. The van der Waals surface area contributed by atoms with E-state index in [4.69, 9.17) is 0 Å².